The fourth-order valence-electron chi connectivity index (χ4n) is 3.80. The predicted molar refractivity (Wildman–Crippen MR) is 136 cm³/mol. The lowest BCUT2D eigenvalue weighted by Gasteiger charge is -2.37. The van der Waals surface area contributed by atoms with E-state index in [1.807, 2.05) is 0 Å². The molecule has 1 aliphatic heterocycles. The third-order valence-electron chi connectivity index (χ3n) is 6.20. The number of anilines is 2. The van der Waals surface area contributed by atoms with E-state index in [1.54, 1.807) is 0 Å². The van der Waals surface area contributed by atoms with E-state index in [0.717, 1.165) is 10.4 Å². The molecule has 0 bridgehead atoms. The molecule has 2 N–H and O–H groups in total. The molecule has 0 radical (unpaired) electrons. The predicted octanol–water partition coefficient (Wildman–Crippen LogP) is 5.02. The number of rotatable bonds is 10. The number of ether oxygens (including phenoxy) is 3. The van der Waals surface area contributed by atoms with Crippen LogP contribution in [0.5, 0.6) is 11.6 Å². The summed E-state index contributed by atoms with van der Waals surface area (Å²) in [4.78, 5) is 23.2. The Morgan fingerprint density at radius 3 is 2.40 bits per heavy atom. The smallest absolute Gasteiger partial charge is 0.427 e. The van der Waals surface area contributed by atoms with Gasteiger partial charge in [0.2, 0.25) is 5.60 Å². The second kappa shape index (κ2) is 11.4. The highest BCUT2D eigenvalue weighted by Gasteiger charge is 2.51. The van der Waals surface area contributed by atoms with Gasteiger partial charge in [0.1, 0.15) is 11.9 Å². The topological polar surface area (TPSA) is 149 Å². The van der Waals surface area contributed by atoms with E-state index in [4.69, 9.17) is 9.47 Å². The van der Waals surface area contributed by atoms with Crippen molar-refractivity contribution in [1.82, 2.24) is 9.78 Å². The number of sulfonamides is 1. The Balaban J connectivity index is 2.08. The van der Waals surface area contributed by atoms with Crippen LogP contribution in [-0.4, -0.2) is 66.4 Å². The average molecular weight is 629 g/mol. The van der Waals surface area contributed by atoms with Crippen molar-refractivity contribution >= 4 is 33.5 Å². The number of hydrogen-bond acceptors (Lipinski definition) is 8. The molecule has 2 heterocycles. The molecule has 1 aliphatic rings. The van der Waals surface area contributed by atoms with Crippen molar-refractivity contribution in [3.8, 4) is 11.6 Å². The number of carboxylic acids is 1. The van der Waals surface area contributed by atoms with Gasteiger partial charge in [-0.15, -0.1) is 5.10 Å². The van der Waals surface area contributed by atoms with Crippen LogP contribution in [0.1, 0.15) is 47.6 Å². The zero-order valence-corrected chi connectivity index (χ0v) is 23.8. The molecule has 18 heteroatoms. The average Bonchev–Trinajstić information content (AvgIpc) is 3.28. The van der Waals surface area contributed by atoms with Crippen LogP contribution in [0.2, 0.25) is 0 Å². The van der Waals surface area contributed by atoms with E-state index >= 15 is 0 Å². The zero-order valence-electron chi connectivity index (χ0n) is 23.0. The highest BCUT2D eigenvalue weighted by atomic mass is 32.2. The van der Waals surface area contributed by atoms with Crippen molar-refractivity contribution in [2.24, 2.45) is 5.41 Å². The molecule has 1 aromatic carbocycles. The van der Waals surface area contributed by atoms with Gasteiger partial charge in [0.15, 0.2) is 4.90 Å². The Morgan fingerprint density at radius 1 is 1.21 bits per heavy atom. The van der Waals surface area contributed by atoms with Crippen LogP contribution in [0.3, 0.4) is 0 Å². The van der Waals surface area contributed by atoms with Gasteiger partial charge in [0, 0.05) is 12.1 Å². The highest BCUT2D eigenvalue weighted by molar-refractivity contribution is 7.93. The summed E-state index contributed by atoms with van der Waals surface area (Å²) in [5, 5.41) is 15.1. The molecule has 42 heavy (non-hydrogen) atoms. The molecule has 0 aliphatic carbocycles. The number of alkyl halides is 5. The summed E-state index contributed by atoms with van der Waals surface area (Å²) in [5.41, 5.74) is -4.66. The molecule has 12 nitrogen and oxygen atoms in total. The van der Waals surface area contributed by atoms with E-state index in [9.17, 15) is 45.1 Å². The van der Waals surface area contributed by atoms with E-state index in [-0.39, 0.29) is 34.8 Å². The van der Waals surface area contributed by atoms with Crippen molar-refractivity contribution in [2.45, 2.75) is 70.4 Å². The lowest BCUT2D eigenvalue weighted by atomic mass is 9.86. The van der Waals surface area contributed by atoms with Gasteiger partial charge in [0.05, 0.1) is 30.5 Å². The molecule has 1 aromatic heterocycles. The molecule has 2 aromatic rings. The van der Waals surface area contributed by atoms with Crippen LogP contribution in [0.25, 0.3) is 0 Å². The molecule has 1 unspecified atom stereocenters. The molecular formula is C24H29F5N4O8S. The number of aliphatic carboxylic acids is 1. The van der Waals surface area contributed by atoms with Crippen LogP contribution in [-0.2, 0) is 19.6 Å². The monoisotopic (exact) mass is 628 g/mol. The molecule has 0 spiro atoms. The summed E-state index contributed by atoms with van der Waals surface area (Å²) >= 11 is 0. The number of fused-ring (bicyclic) bond motifs is 1. The molecule has 234 valence electrons. The Morgan fingerprint density at radius 2 is 1.86 bits per heavy atom. The summed E-state index contributed by atoms with van der Waals surface area (Å²) in [7, 11) is -4.77. The van der Waals surface area contributed by atoms with Crippen LogP contribution >= 0.6 is 0 Å². The molecule has 1 amide bonds. The van der Waals surface area contributed by atoms with Crippen molar-refractivity contribution < 1.29 is 59.3 Å². The normalized spacial score (nSPS) is 16.1. The second-order valence-corrected chi connectivity index (χ2v) is 12.2. The maximum absolute atomic E-state index is 13.9. The first-order valence-electron chi connectivity index (χ1n) is 12.3. The third-order valence-corrected chi connectivity index (χ3v) is 7.96. The first-order valence-corrected chi connectivity index (χ1v) is 13.8. The van der Waals surface area contributed by atoms with Gasteiger partial charge in [-0.2, -0.15) is 22.0 Å². The van der Waals surface area contributed by atoms with Gasteiger partial charge in [0.25, 0.3) is 15.9 Å². The summed E-state index contributed by atoms with van der Waals surface area (Å²) in [6, 6.07) is 3.45. The van der Waals surface area contributed by atoms with Crippen molar-refractivity contribution in [2.75, 3.05) is 22.8 Å². The Bertz CT molecular complexity index is 1440. The van der Waals surface area contributed by atoms with E-state index in [1.165, 1.54) is 32.9 Å². The van der Waals surface area contributed by atoms with Crippen LogP contribution < -0.4 is 19.1 Å². The van der Waals surface area contributed by atoms with E-state index < -0.39 is 69.3 Å². The number of halogens is 5. The van der Waals surface area contributed by atoms with Crippen molar-refractivity contribution in [3.63, 3.8) is 0 Å². The lowest BCUT2D eigenvalue weighted by molar-refractivity contribution is -0.242. The summed E-state index contributed by atoms with van der Waals surface area (Å²) in [5.74, 6) is -1.92. The molecule has 0 saturated heterocycles. The van der Waals surface area contributed by atoms with Gasteiger partial charge >= 0.3 is 24.8 Å². The number of carboxylic acid groups (broad SMARTS) is 1. The first kappa shape index (κ1) is 32.7. The lowest BCUT2D eigenvalue weighted by Crippen LogP contribution is -2.46. The standard InChI is InChI=1S/C24H29F5N4O8S/c1-6-39-18-17(12-32(31-18)20(25)26)42(37,38)33-11-14(10-22(2,3)19(34)35)40-16-8-7-13(9-15(16)33)30-21(36)41-23(4,5)24(27,28)29/h7-9,12,14,20H,6,10-11H2,1-5H3,(H,30,36)(H,34,35). The number of nitrogens with zero attached hydrogens (tertiary/aromatic N) is 3. The maximum Gasteiger partial charge on any atom is 0.427 e. The quantitative estimate of drug-likeness (QED) is 0.346. The fourth-order valence-corrected chi connectivity index (χ4v) is 5.37. The minimum Gasteiger partial charge on any atom is -0.486 e. The minimum absolute atomic E-state index is 0.0840. The fraction of sp³-hybridized carbons (Fsp3) is 0.542. The van der Waals surface area contributed by atoms with Crippen LogP contribution in [0, 0.1) is 5.41 Å². The van der Waals surface area contributed by atoms with Gasteiger partial charge in [-0.1, -0.05) is 0 Å². The van der Waals surface area contributed by atoms with E-state index in [2.05, 4.69) is 15.2 Å². The Kier molecular flexibility index (Phi) is 8.91. The summed E-state index contributed by atoms with van der Waals surface area (Å²) < 4.78 is 110. The number of benzene rings is 1. The number of nitrogens with one attached hydrogen (secondary N) is 1. The molecular weight excluding hydrogens is 599 g/mol. The Hall–Kier alpha value is -3.83. The SMILES string of the molecule is CCOc1nn(C(F)F)cc1S(=O)(=O)N1CC(CC(C)(C)C(=O)O)Oc2ccc(NC(=O)OC(C)(C)C(F)(F)F)cc21. The molecule has 0 saturated carbocycles. The maximum atomic E-state index is 13.9. The summed E-state index contributed by atoms with van der Waals surface area (Å²) in [6.45, 7) is 1.70. The largest absolute Gasteiger partial charge is 0.486 e. The van der Waals surface area contributed by atoms with Gasteiger partial charge in [-0.3, -0.25) is 14.4 Å². The zero-order chi connectivity index (χ0) is 31.8. The Labute approximate surface area is 237 Å². The number of aromatic nitrogens is 2. The minimum atomic E-state index is -4.89. The molecule has 3 rings (SSSR count). The molecule has 1 atom stereocenters. The van der Waals surface area contributed by atoms with Gasteiger partial charge < -0.3 is 19.3 Å². The van der Waals surface area contributed by atoms with Crippen LogP contribution in [0.4, 0.5) is 38.1 Å². The number of amides is 1. The van der Waals surface area contributed by atoms with Gasteiger partial charge in [-0.05, 0) is 52.8 Å². The van der Waals surface area contributed by atoms with Gasteiger partial charge in [-0.25, -0.2) is 17.9 Å². The van der Waals surface area contributed by atoms with Crippen molar-refractivity contribution in [1.29, 1.82) is 0 Å². The number of carbonyl (C=O) groups is 2. The summed E-state index contributed by atoms with van der Waals surface area (Å²) in [6.07, 6.45) is -7.05. The van der Waals surface area contributed by atoms with Crippen LogP contribution in [0.15, 0.2) is 29.3 Å². The second-order valence-electron chi connectivity index (χ2n) is 10.4. The highest BCUT2D eigenvalue weighted by Crippen LogP contribution is 2.42. The third kappa shape index (κ3) is 6.79. The number of hydrogen-bond donors (Lipinski definition) is 2. The molecule has 0 fully saturated rings. The van der Waals surface area contributed by atoms with Crippen molar-refractivity contribution in [3.05, 3.63) is 24.4 Å². The number of carbonyl (C=O) groups excluding carboxylic acids is 1. The first-order chi connectivity index (χ1) is 19.2. The van der Waals surface area contributed by atoms with E-state index in [0.29, 0.717) is 20.0 Å².